The van der Waals surface area contributed by atoms with E-state index < -0.39 is 7.12 Å². The Hall–Kier alpha value is -1.26. The number of hydrogen-bond donors (Lipinski definition) is 2. The van der Waals surface area contributed by atoms with E-state index in [9.17, 15) is 0 Å². The van der Waals surface area contributed by atoms with Crippen LogP contribution in [0.25, 0.3) is 6.08 Å². The van der Waals surface area contributed by atoms with Crippen LogP contribution in [0.15, 0.2) is 30.2 Å². The molecule has 0 aliphatic rings. The minimum atomic E-state index is -1.42. The third-order valence-electron chi connectivity index (χ3n) is 1.69. The van der Waals surface area contributed by atoms with Crippen molar-refractivity contribution in [3.05, 3.63) is 35.8 Å². The Labute approximate surface area is 90.2 Å². The van der Waals surface area contributed by atoms with Gasteiger partial charge < -0.3 is 14.8 Å². The molecule has 1 aromatic rings. The normalized spacial score (nSPS) is 11.0. The van der Waals surface area contributed by atoms with Gasteiger partial charge in [-0.25, -0.2) is 0 Å². The molecule has 15 heavy (non-hydrogen) atoms. The van der Waals surface area contributed by atoms with Crippen LogP contribution in [0.4, 0.5) is 0 Å². The summed E-state index contributed by atoms with van der Waals surface area (Å²) < 4.78 is 5.50. The first-order chi connectivity index (χ1) is 7.08. The lowest BCUT2D eigenvalue weighted by molar-refractivity contribution is 0.242. The second-order valence-electron chi connectivity index (χ2n) is 3.51. The fourth-order valence-corrected chi connectivity index (χ4v) is 1.16. The summed E-state index contributed by atoms with van der Waals surface area (Å²) in [5, 5.41) is 17.3. The summed E-state index contributed by atoms with van der Waals surface area (Å²) in [6.07, 6.45) is 1.77. The average molecular weight is 206 g/mol. The summed E-state index contributed by atoms with van der Waals surface area (Å²) in [4.78, 5) is 0. The lowest BCUT2D eigenvalue weighted by Gasteiger charge is -2.09. The molecule has 0 amide bonds. The van der Waals surface area contributed by atoms with Gasteiger partial charge in [-0.2, -0.15) is 0 Å². The number of rotatable bonds is 4. The van der Waals surface area contributed by atoms with Gasteiger partial charge in [0.1, 0.15) is 5.75 Å². The Kier molecular flexibility index (Phi) is 4.40. The van der Waals surface area contributed by atoms with Gasteiger partial charge in [-0.3, -0.25) is 0 Å². The van der Waals surface area contributed by atoms with Crippen LogP contribution in [0, 0.1) is 0 Å². The zero-order valence-electron chi connectivity index (χ0n) is 8.92. The smallest absolute Gasteiger partial charge is 0.480 e. The first-order valence-electron chi connectivity index (χ1n) is 4.89. The molecule has 0 spiro atoms. The van der Waals surface area contributed by atoms with Crippen molar-refractivity contribution in [2.24, 2.45) is 0 Å². The molecule has 0 aliphatic carbocycles. The summed E-state index contributed by atoms with van der Waals surface area (Å²) in [5.41, 5.74) is 0.876. The third kappa shape index (κ3) is 4.67. The van der Waals surface area contributed by atoms with Crippen molar-refractivity contribution in [3.8, 4) is 5.75 Å². The molecule has 1 aromatic carbocycles. The molecule has 0 aliphatic heterocycles. The maximum atomic E-state index is 8.67. The second kappa shape index (κ2) is 5.58. The van der Waals surface area contributed by atoms with Crippen molar-refractivity contribution in [2.75, 3.05) is 0 Å². The molecule has 4 heteroatoms. The molecule has 80 valence electrons. The van der Waals surface area contributed by atoms with Crippen LogP contribution in [-0.2, 0) is 0 Å². The molecule has 1 rings (SSSR count). The average Bonchev–Trinajstić information content (AvgIpc) is 2.14. The molecular formula is C11H15BO3. The Morgan fingerprint density at radius 3 is 2.67 bits per heavy atom. The van der Waals surface area contributed by atoms with E-state index in [1.54, 1.807) is 6.08 Å². The van der Waals surface area contributed by atoms with Crippen molar-refractivity contribution < 1.29 is 14.8 Å². The van der Waals surface area contributed by atoms with Crippen LogP contribution in [0.1, 0.15) is 19.4 Å². The lowest BCUT2D eigenvalue weighted by Crippen LogP contribution is -2.06. The predicted octanol–water partition coefficient (Wildman–Crippen LogP) is 1.50. The van der Waals surface area contributed by atoms with Gasteiger partial charge in [0.15, 0.2) is 0 Å². The molecule has 0 radical (unpaired) electrons. The highest BCUT2D eigenvalue weighted by Crippen LogP contribution is 2.15. The third-order valence-corrected chi connectivity index (χ3v) is 1.69. The molecule has 0 saturated heterocycles. The van der Waals surface area contributed by atoms with Crippen LogP contribution in [-0.4, -0.2) is 23.3 Å². The molecule has 0 bridgehead atoms. The largest absolute Gasteiger partial charge is 0.491 e. The lowest BCUT2D eigenvalue weighted by atomic mass is 9.91. The van der Waals surface area contributed by atoms with Gasteiger partial charge in [0.25, 0.3) is 0 Å². The maximum Gasteiger partial charge on any atom is 0.480 e. The number of benzene rings is 1. The van der Waals surface area contributed by atoms with Crippen LogP contribution in [0.2, 0.25) is 0 Å². The van der Waals surface area contributed by atoms with Crippen LogP contribution < -0.4 is 4.74 Å². The first kappa shape index (κ1) is 11.8. The Morgan fingerprint density at radius 1 is 1.33 bits per heavy atom. The molecule has 0 fully saturated rings. The van der Waals surface area contributed by atoms with E-state index in [4.69, 9.17) is 14.8 Å². The highest BCUT2D eigenvalue weighted by molar-refractivity contribution is 6.48. The fourth-order valence-electron chi connectivity index (χ4n) is 1.16. The summed E-state index contributed by atoms with van der Waals surface area (Å²) in [5.74, 6) is 2.08. The second-order valence-corrected chi connectivity index (χ2v) is 3.51. The first-order valence-corrected chi connectivity index (χ1v) is 4.89. The number of hydrogen-bond acceptors (Lipinski definition) is 3. The molecule has 0 saturated carbocycles. The van der Waals surface area contributed by atoms with E-state index in [2.05, 4.69) is 0 Å². The van der Waals surface area contributed by atoms with Gasteiger partial charge in [-0.05, 0) is 31.5 Å². The SMILES string of the molecule is CC(C)Oc1cccc(/C=C/B(O)O)c1. The zero-order valence-corrected chi connectivity index (χ0v) is 8.92. The van der Waals surface area contributed by atoms with E-state index >= 15 is 0 Å². The van der Waals surface area contributed by atoms with E-state index in [1.165, 1.54) is 5.98 Å². The summed E-state index contributed by atoms with van der Waals surface area (Å²) in [6, 6.07) is 7.44. The van der Waals surface area contributed by atoms with E-state index in [0.29, 0.717) is 0 Å². The zero-order chi connectivity index (χ0) is 11.3. The van der Waals surface area contributed by atoms with Crippen molar-refractivity contribution in [1.82, 2.24) is 0 Å². The van der Waals surface area contributed by atoms with Crippen LogP contribution in [0.5, 0.6) is 5.75 Å². The highest BCUT2D eigenvalue weighted by Gasteiger charge is 2.00. The van der Waals surface area contributed by atoms with Gasteiger partial charge in [-0.1, -0.05) is 24.2 Å². The molecule has 0 heterocycles. The molecular weight excluding hydrogens is 191 g/mol. The van der Waals surface area contributed by atoms with Crippen molar-refractivity contribution in [3.63, 3.8) is 0 Å². The highest BCUT2D eigenvalue weighted by atomic mass is 16.5. The van der Waals surface area contributed by atoms with Crippen molar-refractivity contribution in [1.29, 1.82) is 0 Å². The van der Waals surface area contributed by atoms with Gasteiger partial charge in [0, 0.05) is 0 Å². The minimum absolute atomic E-state index is 0.132. The van der Waals surface area contributed by atoms with E-state index in [0.717, 1.165) is 11.3 Å². The Bertz CT molecular complexity index is 334. The van der Waals surface area contributed by atoms with Gasteiger partial charge >= 0.3 is 7.12 Å². The maximum absolute atomic E-state index is 8.67. The molecule has 2 N–H and O–H groups in total. The van der Waals surface area contributed by atoms with Crippen LogP contribution in [0.3, 0.4) is 0 Å². The van der Waals surface area contributed by atoms with Crippen LogP contribution >= 0.6 is 0 Å². The molecule has 0 unspecified atom stereocenters. The topological polar surface area (TPSA) is 49.7 Å². The Balaban J connectivity index is 2.74. The summed E-state index contributed by atoms with van der Waals surface area (Å²) in [7, 11) is -1.42. The van der Waals surface area contributed by atoms with Gasteiger partial charge in [0.05, 0.1) is 6.10 Å². The standard InChI is InChI=1S/C11H15BO3/c1-9(2)15-11-5-3-4-10(8-11)6-7-12(13)14/h3-9,13-14H,1-2H3/b7-6+. The summed E-state index contributed by atoms with van der Waals surface area (Å²) >= 11 is 0. The van der Waals surface area contributed by atoms with E-state index in [1.807, 2.05) is 38.1 Å². The minimum Gasteiger partial charge on any atom is -0.491 e. The Morgan fingerprint density at radius 2 is 2.07 bits per heavy atom. The number of ether oxygens (including phenoxy) is 1. The predicted molar refractivity (Wildman–Crippen MR) is 61.4 cm³/mol. The van der Waals surface area contributed by atoms with Crippen molar-refractivity contribution in [2.45, 2.75) is 20.0 Å². The fraction of sp³-hybridized carbons (Fsp3) is 0.273. The summed E-state index contributed by atoms with van der Waals surface area (Å²) in [6.45, 7) is 3.92. The molecule has 3 nitrogen and oxygen atoms in total. The van der Waals surface area contributed by atoms with Gasteiger partial charge in [0.2, 0.25) is 0 Å². The molecule has 0 atom stereocenters. The molecule has 0 aromatic heterocycles. The quantitative estimate of drug-likeness (QED) is 0.734. The van der Waals surface area contributed by atoms with Gasteiger partial charge in [-0.15, -0.1) is 0 Å². The van der Waals surface area contributed by atoms with E-state index in [-0.39, 0.29) is 6.10 Å². The van der Waals surface area contributed by atoms with Crippen molar-refractivity contribution >= 4 is 13.2 Å². The monoisotopic (exact) mass is 206 g/mol.